The van der Waals surface area contributed by atoms with E-state index in [1.54, 1.807) is 12.0 Å². The fourth-order valence-electron chi connectivity index (χ4n) is 3.03. The van der Waals surface area contributed by atoms with Crippen molar-refractivity contribution in [3.05, 3.63) is 0 Å². The molecule has 0 aromatic carbocycles. The predicted octanol–water partition coefficient (Wildman–Crippen LogP) is 0.944. The third-order valence-electron chi connectivity index (χ3n) is 4.24. The van der Waals surface area contributed by atoms with E-state index in [-0.39, 0.29) is 37.4 Å². The molecule has 1 aliphatic carbocycles. The molecule has 2 atom stereocenters. The highest BCUT2D eigenvalue weighted by Crippen LogP contribution is 2.22. The van der Waals surface area contributed by atoms with Crippen molar-refractivity contribution in [1.29, 1.82) is 0 Å². The number of carbonyl (C=O) groups excluding carboxylic acids is 1. The van der Waals surface area contributed by atoms with E-state index in [0.29, 0.717) is 13.0 Å². The molecule has 0 bridgehead atoms. The van der Waals surface area contributed by atoms with Gasteiger partial charge >= 0.3 is 0 Å². The summed E-state index contributed by atoms with van der Waals surface area (Å²) >= 11 is 0. The summed E-state index contributed by atoms with van der Waals surface area (Å²) in [5.41, 5.74) is 0. The van der Waals surface area contributed by atoms with Gasteiger partial charge in [-0.2, -0.15) is 0 Å². The van der Waals surface area contributed by atoms with Gasteiger partial charge in [0.05, 0.1) is 24.9 Å². The van der Waals surface area contributed by atoms with E-state index in [4.69, 9.17) is 9.47 Å². The Morgan fingerprint density at radius 1 is 1.26 bits per heavy atom. The normalized spacial score (nSPS) is 28.8. The van der Waals surface area contributed by atoms with Gasteiger partial charge in [0, 0.05) is 13.7 Å². The van der Waals surface area contributed by atoms with E-state index in [0.717, 1.165) is 12.8 Å². The van der Waals surface area contributed by atoms with Crippen LogP contribution in [0.15, 0.2) is 0 Å². The first-order valence-corrected chi connectivity index (χ1v) is 7.29. The summed E-state index contributed by atoms with van der Waals surface area (Å²) in [5, 5.41) is 9.33. The molecular formula is C14H25NO4. The number of ether oxygens (including phenoxy) is 2. The lowest BCUT2D eigenvalue weighted by Gasteiger charge is -2.26. The number of amides is 1. The molecule has 19 heavy (non-hydrogen) atoms. The van der Waals surface area contributed by atoms with E-state index in [1.807, 2.05) is 0 Å². The predicted molar refractivity (Wildman–Crippen MR) is 70.8 cm³/mol. The Hall–Kier alpha value is -0.650. The molecule has 1 saturated carbocycles. The molecule has 1 amide bonds. The van der Waals surface area contributed by atoms with Crippen molar-refractivity contribution < 1.29 is 19.4 Å². The van der Waals surface area contributed by atoms with E-state index < -0.39 is 0 Å². The fraction of sp³-hybridized carbons (Fsp3) is 0.929. The SMILES string of the molecule is CO[C@@H]1C[C@@H](CO)N(C(=O)COC2CCCCC2)C1. The molecule has 1 N–H and O–H groups in total. The number of nitrogens with zero attached hydrogens (tertiary/aromatic N) is 1. The summed E-state index contributed by atoms with van der Waals surface area (Å²) in [5.74, 6) is -0.0239. The van der Waals surface area contributed by atoms with Gasteiger partial charge in [-0.15, -0.1) is 0 Å². The Kier molecular flexibility index (Phi) is 5.60. The monoisotopic (exact) mass is 271 g/mol. The molecule has 110 valence electrons. The standard InChI is InChI=1S/C14H25NO4/c1-18-13-7-11(9-16)15(8-13)14(17)10-19-12-5-3-2-4-6-12/h11-13,16H,2-10H2,1H3/t11-,13+/m0/s1. The Morgan fingerprint density at radius 2 is 2.00 bits per heavy atom. The van der Waals surface area contributed by atoms with Crippen LogP contribution in [0.2, 0.25) is 0 Å². The first-order valence-electron chi connectivity index (χ1n) is 7.29. The molecule has 0 aromatic heterocycles. The maximum Gasteiger partial charge on any atom is 0.249 e. The molecule has 1 saturated heterocycles. The number of aliphatic hydroxyl groups excluding tert-OH is 1. The van der Waals surface area contributed by atoms with E-state index >= 15 is 0 Å². The number of rotatable bonds is 5. The average molecular weight is 271 g/mol. The van der Waals surface area contributed by atoms with Gasteiger partial charge in [0.15, 0.2) is 0 Å². The maximum absolute atomic E-state index is 12.2. The van der Waals surface area contributed by atoms with Crippen molar-refractivity contribution >= 4 is 5.91 Å². The van der Waals surface area contributed by atoms with Gasteiger partial charge in [0.2, 0.25) is 5.91 Å². The third-order valence-corrected chi connectivity index (χ3v) is 4.24. The van der Waals surface area contributed by atoms with Crippen LogP contribution >= 0.6 is 0 Å². The molecule has 1 aliphatic heterocycles. The van der Waals surface area contributed by atoms with Crippen LogP contribution in [0.4, 0.5) is 0 Å². The summed E-state index contributed by atoms with van der Waals surface area (Å²) in [6, 6.07) is -0.118. The van der Waals surface area contributed by atoms with Crippen LogP contribution in [0.1, 0.15) is 38.5 Å². The van der Waals surface area contributed by atoms with Gasteiger partial charge in [-0.25, -0.2) is 0 Å². The minimum absolute atomic E-state index is 0.00493. The largest absolute Gasteiger partial charge is 0.394 e. The molecule has 5 nitrogen and oxygen atoms in total. The van der Waals surface area contributed by atoms with Crippen LogP contribution in [0.3, 0.4) is 0 Å². The maximum atomic E-state index is 12.2. The number of likely N-dealkylation sites (tertiary alicyclic amines) is 1. The number of carbonyl (C=O) groups is 1. The van der Waals surface area contributed by atoms with Crippen LogP contribution in [0.25, 0.3) is 0 Å². The second-order valence-electron chi connectivity index (χ2n) is 5.55. The van der Waals surface area contributed by atoms with Crippen molar-refractivity contribution in [3.8, 4) is 0 Å². The lowest BCUT2D eigenvalue weighted by atomic mass is 9.98. The topological polar surface area (TPSA) is 59.0 Å². The van der Waals surface area contributed by atoms with Gasteiger partial charge in [-0.05, 0) is 19.3 Å². The van der Waals surface area contributed by atoms with Gasteiger partial charge in [-0.1, -0.05) is 19.3 Å². The molecule has 5 heteroatoms. The molecule has 1 heterocycles. The van der Waals surface area contributed by atoms with Crippen molar-refractivity contribution in [1.82, 2.24) is 4.90 Å². The summed E-state index contributed by atoms with van der Waals surface area (Å²) in [4.78, 5) is 13.9. The molecule has 2 fully saturated rings. The highest BCUT2D eigenvalue weighted by Gasteiger charge is 2.35. The van der Waals surface area contributed by atoms with Crippen LogP contribution in [0, 0.1) is 0 Å². The molecule has 2 aliphatic rings. The van der Waals surface area contributed by atoms with Gasteiger partial charge < -0.3 is 19.5 Å². The Labute approximate surface area is 114 Å². The lowest BCUT2D eigenvalue weighted by molar-refractivity contribution is -0.140. The van der Waals surface area contributed by atoms with Crippen molar-refractivity contribution in [2.24, 2.45) is 0 Å². The Morgan fingerprint density at radius 3 is 2.63 bits per heavy atom. The molecule has 0 radical (unpaired) electrons. The van der Waals surface area contributed by atoms with Gasteiger partial charge in [0.1, 0.15) is 6.61 Å². The quantitative estimate of drug-likeness (QED) is 0.808. The highest BCUT2D eigenvalue weighted by atomic mass is 16.5. The summed E-state index contributed by atoms with van der Waals surface area (Å²) < 4.78 is 11.0. The molecule has 0 unspecified atom stereocenters. The lowest BCUT2D eigenvalue weighted by Crippen LogP contribution is -2.41. The summed E-state index contributed by atoms with van der Waals surface area (Å²) in [6.45, 7) is 0.696. The zero-order valence-electron chi connectivity index (χ0n) is 11.7. The summed E-state index contributed by atoms with van der Waals surface area (Å²) in [7, 11) is 1.64. The van der Waals surface area contributed by atoms with Crippen LogP contribution in [0.5, 0.6) is 0 Å². The zero-order chi connectivity index (χ0) is 13.7. The second kappa shape index (κ2) is 7.22. The number of hydrogen-bond acceptors (Lipinski definition) is 4. The third kappa shape index (κ3) is 3.91. The smallest absolute Gasteiger partial charge is 0.249 e. The van der Waals surface area contributed by atoms with E-state index in [1.165, 1.54) is 19.3 Å². The molecular weight excluding hydrogens is 246 g/mol. The Bertz CT molecular complexity index is 291. The first kappa shape index (κ1) is 14.8. The fourth-order valence-corrected chi connectivity index (χ4v) is 3.03. The molecule has 0 spiro atoms. The van der Waals surface area contributed by atoms with Crippen molar-refractivity contribution in [2.75, 3.05) is 26.9 Å². The second-order valence-corrected chi connectivity index (χ2v) is 5.55. The average Bonchev–Trinajstić information content (AvgIpc) is 2.89. The number of methoxy groups -OCH3 is 1. The van der Waals surface area contributed by atoms with Crippen LogP contribution in [-0.2, 0) is 14.3 Å². The first-order chi connectivity index (χ1) is 9.24. The minimum Gasteiger partial charge on any atom is -0.394 e. The minimum atomic E-state index is -0.118. The highest BCUT2D eigenvalue weighted by molar-refractivity contribution is 5.78. The van der Waals surface area contributed by atoms with Crippen molar-refractivity contribution in [2.45, 2.75) is 56.8 Å². The summed E-state index contributed by atoms with van der Waals surface area (Å²) in [6.07, 6.45) is 6.81. The van der Waals surface area contributed by atoms with E-state index in [9.17, 15) is 9.90 Å². The van der Waals surface area contributed by atoms with Crippen LogP contribution in [-0.4, -0.2) is 61.0 Å². The Balaban J connectivity index is 1.78. The van der Waals surface area contributed by atoms with E-state index in [2.05, 4.69) is 0 Å². The van der Waals surface area contributed by atoms with Crippen LogP contribution < -0.4 is 0 Å². The van der Waals surface area contributed by atoms with Gasteiger partial charge in [0.25, 0.3) is 0 Å². The molecule has 0 aromatic rings. The van der Waals surface area contributed by atoms with Gasteiger partial charge in [-0.3, -0.25) is 4.79 Å². The zero-order valence-corrected chi connectivity index (χ0v) is 11.7. The van der Waals surface area contributed by atoms with Crippen molar-refractivity contribution in [3.63, 3.8) is 0 Å². The number of hydrogen-bond donors (Lipinski definition) is 1. The number of aliphatic hydroxyl groups is 1. The molecule has 2 rings (SSSR count).